The molecule has 3 aromatic rings. The molecule has 0 radical (unpaired) electrons. The molecule has 7 heteroatoms. The first-order valence-corrected chi connectivity index (χ1v) is 8.97. The van der Waals surface area contributed by atoms with Crippen LogP contribution in [0.2, 0.25) is 0 Å². The summed E-state index contributed by atoms with van der Waals surface area (Å²) in [7, 11) is 5.46. The second-order valence-electron chi connectivity index (χ2n) is 6.07. The van der Waals surface area contributed by atoms with Gasteiger partial charge in [-0.25, -0.2) is 9.37 Å². The molecule has 0 spiro atoms. The average molecular weight is 373 g/mol. The number of likely N-dealkylation sites (N-methyl/N-ethyl adjacent to an activating group) is 1. The number of thiazole rings is 1. The van der Waals surface area contributed by atoms with Crippen molar-refractivity contribution in [3.8, 4) is 5.75 Å². The largest absolute Gasteiger partial charge is 0.497 e. The number of hydrogen-bond donors (Lipinski definition) is 0. The van der Waals surface area contributed by atoms with E-state index in [4.69, 9.17) is 4.74 Å². The van der Waals surface area contributed by atoms with Crippen LogP contribution in [0, 0.1) is 5.82 Å². The van der Waals surface area contributed by atoms with E-state index in [1.54, 1.807) is 42.3 Å². The lowest BCUT2D eigenvalue weighted by atomic mass is 10.2. The van der Waals surface area contributed by atoms with Gasteiger partial charge in [0.15, 0.2) is 5.13 Å². The van der Waals surface area contributed by atoms with E-state index in [0.717, 1.165) is 4.70 Å². The third kappa shape index (κ3) is 3.84. The van der Waals surface area contributed by atoms with Gasteiger partial charge in [0.2, 0.25) is 0 Å². The molecule has 3 rings (SSSR count). The highest BCUT2D eigenvalue weighted by molar-refractivity contribution is 7.22. The maximum absolute atomic E-state index is 14.0. The van der Waals surface area contributed by atoms with E-state index in [1.165, 1.54) is 17.4 Å². The number of benzene rings is 2. The number of anilines is 1. The highest BCUT2D eigenvalue weighted by atomic mass is 32.1. The Morgan fingerprint density at radius 2 is 1.88 bits per heavy atom. The van der Waals surface area contributed by atoms with Gasteiger partial charge in [0.25, 0.3) is 5.91 Å². The zero-order chi connectivity index (χ0) is 18.7. The molecule has 0 aliphatic heterocycles. The Bertz CT molecular complexity index is 909. The minimum Gasteiger partial charge on any atom is -0.497 e. The number of halogens is 1. The molecule has 0 N–H and O–H groups in total. The van der Waals surface area contributed by atoms with E-state index in [1.807, 2.05) is 25.1 Å². The minimum absolute atomic E-state index is 0.172. The topological polar surface area (TPSA) is 45.7 Å². The van der Waals surface area contributed by atoms with Gasteiger partial charge >= 0.3 is 0 Å². The van der Waals surface area contributed by atoms with Crippen molar-refractivity contribution in [3.05, 3.63) is 53.8 Å². The Morgan fingerprint density at radius 3 is 2.50 bits per heavy atom. The molecule has 5 nitrogen and oxygen atoms in total. The summed E-state index contributed by atoms with van der Waals surface area (Å²) in [6.45, 7) is 1.12. The van der Waals surface area contributed by atoms with Gasteiger partial charge in [-0.1, -0.05) is 17.4 Å². The summed E-state index contributed by atoms with van der Waals surface area (Å²) in [5.41, 5.74) is 0.828. The van der Waals surface area contributed by atoms with E-state index >= 15 is 0 Å². The number of amides is 1. The Hall–Kier alpha value is -2.51. The minimum atomic E-state index is -0.380. The predicted octanol–water partition coefficient (Wildman–Crippen LogP) is 3.65. The van der Waals surface area contributed by atoms with Crippen molar-refractivity contribution < 1.29 is 13.9 Å². The quantitative estimate of drug-likeness (QED) is 0.662. The number of fused-ring (bicyclic) bond motifs is 1. The van der Waals surface area contributed by atoms with Crippen LogP contribution in [0.4, 0.5) is 9.52 Å². The van der Waals surface area contributed by atoms with Gasteiger partial charge in [-0.3, -0.25) is 9.69 Å². The van der Waals surface area contributed by atoms with Crippen molar-refractivity contribution >= 4 is 32.6 Å². The van der Waals surface area contributed by atoms with Crippen LogP contribution < -0.4 is 9.64 Å². The van der Waals surface area contributed by atoms with Gasteiger partial charge in [-0.05, 0) is 50.5 Å². The molecule has 0 saturated carbocycles. The highest BCUT2D eigenvalue weighted by Crippen LogP contribution is 2.31. The van der Waals surface area contributed by atoms with Crippen molar-refractivity contribution in [1.82, 2.24) is 9.88 Å². The number of hydrogen-bond acceptors (Lipinski definition) is 5. The van der Waals surface area contributed by atoms with Gasteiger partial charge in [-0.15, -0.1) is 0 Å². The Labute approximate surface area is 155 Å². The van der Waals surface area contributed by atoms with E-state index in [-0.39, 0.29) is 11.7 Å². The summed E-state index contributed by atoms with van der Waals surface area (Å²) < 4.78 is 19.9. The van der Waals surface area contributed by atoms with Crippen LogP contribution in [0.1, 0.15) is 10.4 Å². The number of carbonyl (C=O) groups is 1. The molecule has 0 bridgehead atoms. The summed E-state index contributed by atoms with van der Waals surface area (Å²) in [6, 6.07) is 11.8. The molecule has 0 fully saturated rings. The monoisotopic (exact) mass is 373 g/mol. The summed E-state index contributed by atoms with van der Waals surface area (Å²) in [5, 5.41) is 0.493. The molecule has 0 aliphatic carbocycles. The zero-order valence-corrected chi connectivity index (χ0v) is 15.7. The van der Waals surface area contributed by atoms with Gasteiger partial charge in [0, 0.05) is 18.7 Å². The van der Waals surface area contributed by atoms with Crippen LogP contribution in [-0.2, 0) is 0 Å². The number of aromatic nitrogens is 1. The second kappa shape index (κ2) is 7.80. The summed E-state index contributed by atoms with van der Waals surface area (Å²) >= 11 is 1.31. The molecule has 2 aromatic carbocycles. The SMILES string of the molecule is COc1ccc(C(=O)N(CCN(C)C)c2nc3c(F)cccc3s2)cc1. The van der Waals surface area contributed by atoms with Crippen molar-refractivity contribution in [1.29, 1.82) is 0 Å². The molecular formula is C19H20FN3O2S. The second-order valence-corrected chi connectivity index (χ2v) is 7.08. The normalized spacial score (nSPS) is 11.1. The number of nitrogens with zero attached hydrogens (tertiary/aromatic N) is 3. The lowest BCUT2D eigenvalue weighted by molar-refractivity contribution is 0.0985. The maximum atomic E-state index is 14.0. The smallest absolute Gasteiger partial charge is 0.260 e. The third-order valence-electron chi connectivity index (χ3n) is 3.94. The van der Waals surface area contributed by atoms with Crippen LogP contribution in [0.25, 0.3) is 10.2 Å². The predicted molar refractivity (Wildman–Crippen MR) is 103 cm³/mol. The molecule has 0 unspecified atom stereocenters. The van der Waals surface area contributed by atoms with Crippen molar-refractivity contribution in [2.24, 2.45) is 0 Å². The van der Waals surface area contributed by atoms with Gasteiger partial charge in [0.05, 0.1) is 11.8 Å². The number of ether oxygens (including phenoxy) is 1. The first kappa shape index (κ1) is 18.3. The van der Waals surface area contributed by atoms with Crippen molar-refractivity contribution in [2.75, 3.05) is 39.2 Å². The first-order valence-electron chi connectivity index (χ1n) is 8.15. The molecule has 0 aliphatic rings. The molecule has 26 heavy (non-hydrogen) atoms. The third-order valence-corrected chi connectivity index (χ3v) is 4.99. The Morgan fingerprint density at radius 1 is 1.15 bits per heavy atom. The fraction of sp³-hybridized carbons (Fsp3) is 0.263. The molecule has 1 amide bonds. The lowest BCUT2D eigenvalue weighted by Crippen LogP contribution is -2.36. The number of para-hydroxylation sites is 1. The van der Waals surface area contributed by atoms with Gasteiger partial charge < -0.3 is 9.64 Å². The molecule has 136 valence electrons. The van der Waals surface area contributed by atoms with Crippen LogP contribution in [-0.4, -0.2) is 50.1 Å². The van der Waals surface area contributed by atoms with Crippen LogP contribution in [0.3, 0.4) is 0 Å². The summed E-state index contributed by atoms with van der Waals surface area (Å²) in [4.78, 5) is 21.0. The number of carbonyl (C=O) groups excluding carboxylic acids is 1. The van der Waals surface area contributed by atoms with Gasteiger partial charge in [0.1, 0.15) is 17.1 Å². The van der Waals surface area contributed by atoms with Crippen LogP contribution in [0.5, 0.6) is 5.75 Å². The number of rotatable bonds is 6. The number of methoxy groups -OCH3 is 1. The fourth-order valence-corrected chi connectivity index (χ4v) is 3.50. The van der Waals surface area contributed by atoms with Crippen LogP contribution >= 0.6 is 11.3 Å². The average Bonchev–Trinajstić information content (AvgIpc) is 3.07. The van der Waals surface area contributed by atoms with Crippen molar-refractivity contribution in [2.45, 2.75) is 0 Å². The van der Waals surface area contributed by atoms with E-state index in [0.29, 0.717) is 35.1 Å². The molecular weight excluding hydrogens is 353 g/mol. The zero-order valence-electron chi connectivity index (χ0n) is 14.9. The van der Waals surface area contributed by atoms with E-state index < -0.39 is 0 Å². The maximum Gasteiger partial charge on any atom is 0.260 e. The molecule has 1 heterocycles. The Kier molecular flexibility index (Phi) is 5.49. The molecule has 1 aromatic heterocycles. The molecule has 0 saturated heterocycles. The lowest BCUT2D eigenvalue weighted by Gasteiger charge is -2.22. The van der Waals surface area contributed by atoms with E-state index in [9.17, 15) is 9.18 Å². The van der Waals surface area contributed by atoms with Crippen LogP contribution in [0.15, 0.2) is 42.5 Å². The summed E-state index contributed by atoms with van der Waals surface area (Å²) in [5.74, 6) is 0.131. The fourth-order valence-electron chi connectivity index (χ4n) is 2.49. The Balaban J connectivity index is 1.97. The van der Waals surface area contributed by atoms with Gasteiger partial charge in [-0.2, -0.15) is 0 Å². The standard InChI is InChI=1S/C19H20FN3O2S/c1-22(2)11-12-23(18(24)13-7-9-14(25-3)10-8-13)19-21-17-15(20)5-4-6-16(17)26-19/h4-10H,11-12H2,1-3H3. The van der Waals surface area contributed by atoms with E-state index in [2.05, 4.69) is 4.98 Å². The highest BCUT2D eigenvalue weighted by Gasteiger charge is 2.22. The first-order chi connectivity index (χ1) is 12.5. The molecule has 0 atom stereocenters. The summed E-state index contributed by atoms with van der Waals surface area (Å²) in [6.07, 6.45) is 0. The van der Waals surface area contributed by atoms with Crippen molar-refractivity contribution in [3.63, 3.8) is 0 Å².